The quantitative estimate of drug-likeness (QED) is 0.0216. The zero-order valence-electron chi connectivity index (χ0n) is 41.9. The molecule has 0 radical (unpaired) electrons. The highest BCUT2D eigenvalue weighted by molar-refractivity contribution is 5.80. The number of amides is 1. The molecule has 1 rings (SSSR count). The van der Waals surface area contributed by atoms with Crippen LogP contribution in [0.4, 0.5) is 0 Å². The number of hydrogen-bond acceptors (Lipinski definition) is 10. The molecule has 0 saturated carbocycles. The van der Waals surface area contributed by atoms with Crippen LogP contribution in [0.2, 0.25) is 0 Å². The molecule has 1 fully saturated rings. The molecule has 0 bridgehead atoms. The van der Waals surface area contributed by atoms with Gasteiger partial charge in [0, 0.05) is 0 Å². The zero-order valence-corrected chi connectivity index (χ0v) is 41.9. The third-order valence-electron chi connectivity index (χ3n) is 12.8. The summed E-state index contributed by atoms with van der Waals surface area (Å²) in [5.41, 5.74) is 0. The highest BCUT2D eigenvalue weighted by Crippen LogP contribution is 2.23. The lowest BCUT2D eigenvalue weighted by Crippen LogP contribution is -2.60. The maximum Gasteiger partial charge on any atom is 0.249 e. The van der Waals surface area contributed by atoms with Crippen molar-refractivity contribution >= 4 is 5.91 Å². The normalized spacial score (nSPS) is 21.1. The van der Waals surface area contributed by atoms with E-state index in [4.69, 9.17) is 9.47 Å². The molecule has 386 valence electrons. The summed E-state index contributed by atoms with van der Waals surface area (Å²) >= 11 is 0. The van der Waals surface area contributed by atoms with Crippen molar-refractivity contribution in [1.82, 2.24) is 5.32 Å². The molecule has 1 aliphatic heterocycles. The van der Waals surface area contributed by atoms with Crippen LogP contribution in [0.5, 0.6) is 0 Å². The van der Waals surface area contributed by atoms with Crippen LogP contribution in [0.3, 0.4) is 0 Å². The summed E-state index contributed by atoms with van der Waals surface area (Å²) in [6.45, 7) is 3.37. The van der Waals surface area contributed by atoms with Gasteiger partial charge in [0.05, 0.1) is 25.4 Å². The van der Waals surface area contributed by atoms with E-state index < -0.39 is 74.2 Å². The van der Waals surface area contributed by atoms with Gasteiger partial charge in [-0.3, -0.25) is 4.79 Å². The van der Waals surface area contributed by atoms with Gasteiger partial charge in [-0.1, -0.05) is 197 Å². The van der Waals surface area contributed by atoms with E-state index in [1.165, 1.54) is 135 Å². The van der Waals surface area contributed by atoms with E-state index in [9.17, 15) is 40.5 Å². The van der Waals surface area contributed by atoms with Crippen molar-refractivity contribution in [3.05, 3.63) is 48.6 Å². The molecule has 11 nitrogen and oxygen atoms in total. The highest BCUT2D eigenvalue weighted by atomic mass is 16.7. The molecule has 66 heavy (non-hydrogen) atoms. The van der Waals surface area contributed by atoms with Gasteiger partial charge < -0.3 is 50.5 Å². The lowest BCUT2D eigenvalue weighted by molar-refractivity contribution is -0.303. The molecule has 1 heterocycles. The van der Waals surface area contributed by atoms with Gasteiger partial charge in [-0.05, 0) is 77.0 Å². The first-order valence-corrected chi connectivity index (χ1v) is 27.0. The van der Waals surface area contributed by atoms with Crippen molar-refractivity contribution in [3.63, 3.8) is 0 Å². The Balaban J connectivity index is 2.27. The first-order valence-electron chi connectivity index (χ1n) is 27.0. The van der Waals surface area contributed by atoms with Gasteiger partial charge in [0.25, 0.3) is 0 Å². The number of nitrogens with one attached hydrogen (secondary N) is 1. The van der Waals surface area contributed by atoms with Gasteiger partial charge in [-0.2, -0.15) is 0 Å². The smallest absolute Gasteiger partial charge is 0.249 e. The predicted octanol–water partition coefficient (Wildman–Crippen LogP) is 10.5. The van der Waals surface area contributed by atoms with Crippen molar-refractivity contribution in [3.8, 4) is 0 Å². The fourth-order valence-electron chi connectivity index (χ4n) is 8.36. The predicted molar refractivity (Wildman–Crippen MR) is 270 cm³/mol. The van der Waals surface area contributed by atoms with Gasteiger partial charge >= 0.3 is 0 Å². The number of unbranched alkanes of at least 4 members (excludes halogenated alkanes) is 25. The van der Waals surface area contributed by atoms with E-state index in [-0.39, 0.29) is 12.8 Å². The molecule has 9 atom stereocenters. The molecule has 0 aromatic carbocycles. The Morgan fingerprint density at radius 2 is 0.970 bits per heavy atom. The zero-order chi connectivity index (χ0) is 48.3. The second-order valence-electron chi connectivity index (χ2n) is 18.9. The summed E-state index contributed by atoms with van der Waals surface area (Å²) in [5.74, 6) is -0.714. The molecular formula is C55H101NO10. The van der Waals surface area contributed by atoms with E-state index >= 15 is 0 Å². The monoisotopic (exact) mass is 936 g/mol. The minimum atomic E-state index is -1.67. The van der Waals surface area contributed by atoms with Crippen LogP contribution in [0.15, 0.2) is 48.6 Å². The van der Waals surface area contributed by atoms with Crippen LogP contribution < -0.4 is 5.32 Å². The molecule has 11 heteroatoms. The maximum absolute atomic E-state index is 13.1. The van der Waals surface area contributed by atoms with Gasteiger partial charge in [0.15, 0.2) is 6.29 Å². The third-order valence-corrected chi connectivity index (χ3v) is 12.8. The Morgan fingerprint density at radius 3 is 1.48 bits per heavy atom. The lowest BCUT2D eigenvalue weighted by Gasteiger charge is -2.40. The largest absolute Gasteiger partial charge is 0.394 e. The number of aliphatic hydroxyl groups excluding tert-OH is 7. The fraction of sp³-hybridized carbons (Fsp3) is 0.836. The van der Waals surface area contributed by atoms with Crippen molar-refractivity contribution in [2.45, 2.75) is 281 Å². The molecular weight excluding hydrogens is 835 g/mol. The second-order valence-corrected chi connectivity index (χ2v) is 18.9. The van der Waals surface area contributed by atoms with Crippen molar-refractivity contribution in [2.75, 3.05) is 13.2 Å². The van der Waals surface area contributed by atoms with Crippen LogP contribution in [0.1, 0.15) is 226 Å². The number of carbonyl (C=O) groups is 1. The van der Waals surface area contributed by atoms with E-state index in [1.54, 1.807) is 0 Å². The number of carbonyl (C=O) groups excluding carboxylic acids is 1. The molecule has 0 aliphatic carbocycles. The summed E-state index contributed by atoms with van der Waals surface area (Å²) in [6.07, 6.45) is 43.3. The highest BCUT2D eigenvalue weighted by Gasteiger charge is 2.44. The summed E-state index contributed by atoms with van der Waals surface area (Å²) < 4.78 is 11.1. The average molecular weight is 936 g/mol. The molecule has 1 saturated heterocycles. The van der Waals surface area contributed by atoms with Crippen LogP contribution in [0.25, 0.3) is 0 Å². The second kappa shape index (κ2) is 44.3. The van der Waals surface area contributed by atoms with Gasteiger partial charge in [-0.25, -0.2) is 0 Å². The summed E-state index contributed by atoms with van der Waals surface area (Å²) in [6, 6.07) is -1.19. The Morgan fingerprint density at radius 1 is 0.530 bits per heavy atom. The number of allylic oxidation sites excluding steroid dienone is 8. The van der Waals surface area contributed by atoms with E-state index in [1.807, 2.05) is 0 Å². The Labute approximate surface area is 402 Å². The van der Waals surface area contributed by atoms with Gasteiger partial charge in [-0.15, -0.1) is 0 Å². The fourth-order valence-corrected chi connectivity index (χ4v) is 8.36. The lowest BCUT2D eigenvalue weighted by atomic mass is 9.98. The standard InChI is InChI=1S/C55H101NO10/c1-3-5-7-9-11-13-15-16-17-18-19-20-21-22-23-24-25-26-27-28-29-30-31-33-35-37-39-41-43-48(59)54(64)56-46(45-65-55-53(63)52(62)51(61)49(44-57)66-55)50(60)47(58)42-40-38-36-34-32-14-12-10-8-6-4-2/h10,12,19-20,22-23,34,36,46-53,55,57-63H,3-9,11,13-18,21,24-33,35,37-45H2,1-2H3,(H,56,64)/b12-10+,20-19-,23-22-,36-34+. The maximum atomic E-state index is 13.1. The van der Waals surface area contributed by atoms with Crippen LogP contribution in [-0.4, -0.2) is 110 Å². The Hall–Kier alpha value is -1.93. The first kappa shape index (κ1) is 62.1. The number of aliphatic hydroxyl groups is 7. The minimum Gasteiger partial charge on any atom is -0.394 e. The van der Waals surface area contributed by atoms with E-state index in [0.29, 0.717) is 19.3 Å². The number of ether oxygens (including phenoxy) is 2. The topological polar surface area (TPSA) is 189 Å². The molecule has 8 N–H and O–H groups in total. The van der Waals surface area contributed by atoms with Crippen molar-refractivity contribution < 1.29 is 50.0 Å². The first-order chi connectivity index (χ1) is 32.2. The average Bonchev–Trinajstić information content (AvgIpc) is 3.32. The molecule has 0 aromatic heterocycles. The van der Waals surface area contributed by atoms with E-state index in [0.717, 1.165) is 44.9 Å². The summed E-state index contributed by atoms with van der Waals surface area (Å²) in [7, 11) is 0. The molecule has 9 unspecified atom stereocenters. The summed E-state index contributed by atoms with van der Waals surface area (Å²) in [4.78, 5) is 13.1. The molecule has 1 aliphatic rings. The molecule has 1 amide bonds. The van der Waals surface area contributed by atoms with E-state index in [2.05, 4.69) is 67.8 Å². The van der Waals surface area contributed by atoms with Crippen LogP contribution >= 0.6 is 0 Å². The molecule has 0 aromatic rings. The third kappa shape index (κ3) is 32.8. The molecule has 0 spiro atoms. The Kier molecular flexibility index (Phi) is 41.7. The van der Waals surface area contributed by atoms with Crippen molar-refractivity contribution in [1.29, 1.82) is 0 Å². The Bertz CT molecular complexity index is 1210. The summed E-state index contributed by atoms with van der Waals surface area (Å²) in [5, 5.41) is 75.7. The van der Waals surface area contributed by atoms with Gasteiger partial charge in [0.1, 0.15) is 36.6 Å². The SMILES string of the molecule is CCCC/C=C/CC/C=C/CCCC(O)C(O)C(COC1OC(CO)C(O)C(O)C1O)NC(=O)C(O)CCCCCCCCCCCCCC/C=C\C/C=C\CCCCCCCCCCC. The van der Waals surface area contributed by atoms with Crippen LogP contribution in [0, 0.1) is 0 Å². The van der Waals surface area contributed by atoms with Gasteiger partial charge in [0.2, 0.25) is 5.91 Å². The number of hydrogen-bond donors (Lipinski definition) is 8. The van der Waals surface area contributed by atoms with Crippen LogP contribution in [-0.2, 0) is 14.3 Å². The number of rotatable bonds is 45. The minimum absolute atomic E-state index is 0.244. The van der Waals surface area contributed by atoms with Crippen molar-refractivity contribution in [2.24, 2.45) is 0 Å².